The largest absolute Gasteiger partial charge is 0.417 e. The highest BCUT2D eigenvalue weighted by molar-refractivity contribution is 5.78. The Labute approximate surface area is 89.8 Å². The van der Waals surface area contributed by atoms with E-state index in [-0.39, 0.29) is 12.1 Å². The van der Waals surface area contributed by atoms with Gasteiger partial charge in [-0.05, 0) is 12.1 Å². The summed E-state index contributed by atoms with van der Waals surface area (Å²) in [6.45, 7) is 0. The van der Waals surface area contributed by atoms with Gasteiger partial charge >= 0.3 is 12.4 Å². The van der Waals surface area contributed by atoms with Crippen LogP contribution in [0, 0.1) is 5.82 Å². The smallest absolute Gasteiger partial charge is 0.298 e. The van der Waals surface area contributed by atoms with Gasteiger partial charge in [-0.1, -0.05) is 0 Å². The van der Waals surface area contributed by atoms with E-state index in [0.29, 0.717) is 0 Å². The van der Waals surface area contributed by atoms with Crippen molar-refractivity contribution in [2.24, 2.45) is 0 Å². The Kier molecular flexibility index (Phi) is 3.17. The van der Waals surface area contributed by atoms with Crippen LogP contribution in [-0.4, -0.2) is 6.29 Å². The molecule has 1 nitrogen and oxygen atoms in total. The summed E-state index contributed by atoms with van der Waals surface area (Å²) < 4.78 is 86.7. The van der Waals surface area contributed by atoms with Crippen LogP contribution >= 0.6 is 0 Å². The van der Waals surface area contributed by atoms with Crippen molar-refractivity contribution in [3.05, 3.63) is 34.6 Å². The van der Waals surface area contributed by atoms with E-state index < -0.39 is 41.1 Å². The summed E-state index contributed by atoms with van der Waals surface area (Å²) in [5.74, 6) is -1.56. The first-order valence-electron chi connectivity index (χ1n) is 4.00. The molecule has 0 radical (unpaired) electrons. The highest BCUT2D eigenvalue weighted by atomic mass is 19.4. The van der Waals surface area contributed by atoms with E-state index >= 15 is 0 Å². The molecule has 0 spiro atoms. The quantitative estimate of drug-likeness (QED) is 0.556. The predicted molar refractivity (Wildman–Crippen MR) is 41.8 cm³/mol. The lowest BCUT2D eigenvalue weighted by atomic mass is 10.0. The minimum Gasteiger partial charge on any atom is -0.298 e. The minimum atomic E-state index is -5.40. The molecule has 0 amide bonds. The fraction of sp³-hybridized carbons (Fsp3) is 0.222. The van der Waals surface area contributed by atoms with Gasteiger partial charge in [0, 0.05) is 5.56 Å². The van der Waals surface area contributed by atoms with E-state index in [4.69, 9.17) is 0 Å². The molecule has 8 heteroatoms. The predicted octanol–water partition coefficient (Wildman–Crippen LogP) is 3.68. The van der Waals surface area contributed by atoms with Crippen LogP contribution in [0.5, 0.6) is 0 Å². The van der Waals surface area contributed by atoms with Crippen molar-refractivity contribution >= 4 is 6.29 Å². The van der Waals surface area contributed by atoms with E-state index in [1.54, 1.807) is 0 Å². The lowest BCUT2D eigenvalue weighted by Crippen LogP contribution is -2.19. The summed E-state index contributed by atoms with van der Waals surface area (Å²) in [6.07, 6.45) is -11.3. The fourth-order valence-electron chi connectivity index (χ4n) is 1.26. The summed E-state index contributed by atoms with van der Waals surface area (Å²) in [6, 6.07) is -0.194. The number of aldehydes is 1. The molecular formula is C9H3F7O. The minimum absolute atomic E-state index is 0.102. The van der Waals surface area contributed by atoms with Gasteiger partial charge in [0.15, 0.2) is 6.29 Å². The van der Waals surface area contributed by atoms with Gasteiger partial charge in [-0.15, -0.1) is 0 Å². The summed E-state index contributed by atoms with van der Waals surface area (Å²) >= 11 is 0. The van der Waals surface area contributed by atoms with Gasteiger partial charge in [0.05, 0.1) is 11.1 Å². The van der Waals surface area contributed by atoms with Crippen LogP contribution in [0.15, 0.2) is 12.1 Å². The van der Waals surface area contributed by atoms with Crippen LogP contribution in [0.3, 0.4) is 0 Å². The van der Waals surface area contributed by atoms with Crippen molar-refractivity contribution in [1.29, 1.82) is 0 Å². The molecule has 0 aliphatic heterocycles. The molecule has 0 aliphatic carbocycles. The van der Waals surface area contributed by atoms with Crippen LogP contribution < -0.4 is 0 Å². The van der Waals surface area contributed by atoms with Crippen LogP contribution in [0.2, 0.25) is 0 Å². The van der Waals surface area contributed by atoms with Crippen molar-refractivity contribution in [2.75, 3.05) is 0 Å². The first kappa shape index (κ1) is 13.5. The summed E-state index contributed by atoms with van der Waals surface area (Å²) in [7, 11) is 0. The van der Waals surface area contributed by atoms with E-state index in [0.717, 1.165) is 0 Å². The van der Waals surface area contributed by atoms with Gasteiger partial charge in [0.1, 0.15) is 5.82 Å². The molecule has 0 N–H and O–H groups in total. The van der Waals surface area contributed by atoms with Crippen molar-refractivity contribution in [1.82, 2.24) is 0 Å². The molecule has 0 fully saturated rings. The van der Waals surface area contributed by atoms with Gasteiger partial charge < -0.3 is 0 Å². The lowest BCUT2D eigenvalue weighted by molar-refractivity contribution is -0.162. The average molecular weight is 260 g/mol. The number of carbonyl (C=O) groups is 1. The second kappa shape index (κ2) is 4.01. The normalized spacial score (nSPS) is 12.6. The molecule has 1 aromatic carbocycles. The number of alkyl halides is 6. The molecule has 1 rings (SSSR count). The first-order valence-corrected chi connectivity index (χ1v) is 4.00. The highest BCUT2D eigenvalue weighted by Crippen LogP contribution is 2.42. The third-order valence-electron chi connectivity index (χ3n) is 1.85. The van der Waals surface area contributed by atoms with Gasteiger partial charge in [-0.2, -0.15) is 26.3 Å². The molecule has 0 saturated heterocycles. The Morgan fingerprint density at radius 1 is 0.941 bits per heavy atom. The van der Waals surface area contributed by atoms with Gasteiger partial charge in [-0.3, -0.25) is 4.79 Å². The van der Waals surface area contributed by atoms with E-state index in [1.807, 2.05) is 0 Å². The van der Waals surface area contributed by atoms with E-state index in [2.05, 4.69) is 0 Å². The Hall–Kier alpha value is -1.60. The molecule has 0 unspecified atom stereocenters. The fourth-order valence-corrected chi connectivity index (χ4v) is 1.26. The molecule has 0 atom stereocenters. The monoisotopic (exact) mass is 260 g/mol. The van der Waals surface area contributed by atoms with Gasteiger partial charge in [0.2, 0.25) is 0 Å². The first-order chi connectivity index (χ1) is 7.57. The Balaban J connectivity index is 3.68. The topological polar surface area (TPSA) is 17.1 Å². The molecule has 1 aromatic rings. The van der Waals surface area contributed by atoms with E-state index in [9.17, 15) is 35.5 Å². The maximum Gasteiger partial charge on any atom is 0.417 e. The van der Waals surface area contributed by atoms with Crippen LogP contribution in [0.25, 0.3) is 0 Å². The maximum absolute atomic E-state index is 12.7. The SMILES string of the molecule is O=Cc1cc(F)cc(C(F)(F)F)c1C(F)(F)F. The van der Waals surface area contributed by atoms with Crippen LogP contribution in [0.1, 0.15) is 21.5 Å². The Morgan fingerprint density at radius 2 is 1.47 bits per heavy atom. The van der Waals surface area contributed by atoms with Crippen molar-refractivity contribution in [3.63, 3.8) is 0 Å². The van der Waals surface area contributed by atoms with Gasteiger partial charge in [-0.25, -0.2) is 4.39 Å². The van der Waals surface area contributed by atoms with Crippen LogP contribution in [-0.2, 0) is 12.4 Å². The number of benzene rings is 1. The summed E-state index contributed by atoms with van der Waals surface area (Å²) in [5.41, 5.74) is -5.78. The number of carbonyl (C=O) groups excluding carboxylic acids is 1. The second-order valence-electron chi connectivity index (χ2n) is 3.03. The molecule has 17 heavy (non-hydrogen) atoms. The summed E-state index contributed by atoms with van der Waals surface area (Å²) in [5, 5.41) is 0. The standard InChI is InChI=1S/C9H3F7O/c10-5-1-4(3-17)7(9(14,15)16)6(2-5)8(11,12)13/h1-3H. The number of rotatable bonds is 1. The molecular weight excluding hydrogens is 257 g/mol. The maximum atomic E-state index is 12.7. The molecule has 0 aliphatic rings. The zero-order valence-corrected chi connectivity index (χ0v) is 7.79. The van der Waals surface area contributed by atoms with E-state index in [1.165, 1.54) is 0 Å². The number of hydrogen-bond donors (Lipinski definition) is 0. The van der Waals surface area contributed by atoms with Crippen molar-refractivity contribution in [2.45, 2.75) is 12.4 Å². The van der Waals surface area contributed by atoms with Gasteiger partial charge in [0.25, 0.3) is 0 Å². The Morgan fingerprint density at radius 3 is 1.82 bits per heavy atom. The molecule has 0 aromatic heterocycles. The third-order valence-corrected chi connectivity index (χ3v) is 1.85. The lowest BCUT2D eigenvalue weighted by Gasteiger charge is -2.17. The number of hydrogen-bond acceptors (Lipinski definition) is 1. The molecule has 0 saturated carbocycles. The molecule has 0 bridgehead atoms. The highest BCUT2D eigenvalue weighted by Gasteiger charge is 2.45. The van der Waals surface area contributed by atoms with Crippen LogP contribution in [0.4, 0.5) is 30.7 Å². The summed E-state index contributed by atoms with van der Waals surface area (Å²) in [4.78, 5) is 10.3. The second-order valence-corrected chi connectivity index (χ2v) is 3.03. The molecule has 0 heterocycles. The average Bonchev–Trinajstić information content (AvgIpc) is 2.12. The number of halogens is 7. The van der Waals surface area contributed by atoms with Crippen molar-refractivity contribution in [3.8, 4) is 0 Å². The zero-order chi connectivity index (χ0) is 13.4. The molecule has 94 valence electrons. The Bertz CT molecular complexity index is 444. The zero-order valence-electron chi connectivity index (χ0n) is 7.79. The van der Waals surface area contributed by atoms with Crippen molar-refractivity contribution < 1.29 is 35.5 Å². The third kappa shape index (κ3) is 2.75.